The number of nitro groups is 1. The quantitative estimate of drug-likeness (QED) is 0.267. The normalized spacial score (nSPS) is 10.9. The second kappa shape index (κ2) is 10.5. The van der Waals surface area contributed by atoms with Crippen molar-refractivity contribution in [3.8, 4) is 5.75 Å². The fourth-order valence-electron chi connectivity index (χ4n) is 2.87. The molecule has 0 bridgehead atoms. The maximum atomic E-state index is 13.0. The molecule has 3 aromatic rings. The van der Waals surface area contributed by atoms with E-state index in [0.717, 1.165) is 18.2 Å². The topological polar surface area (TPSA) is 133 Å². The Bertz CT molecular complexity index is 1270. The summed E-state index contributed by atoms with van der Waals surface area (Å²) >= 11 is 0. The van der Waals surface area contributed by atoms with E-state index in [-0.39, 0.29) is 28.5 Å². The first-order valence-corrected chi connectivity index (χ1v) is 9.77. The minimum absolute atomic E-state index is 0.0251. The number of anilines is 3. The number of amides is 1. The van der Waals surface area contributed by atoms with Gasteiger partial charge >= 0.3 is 12.1 Å². The first-order valence-electron chi connectivity index (χ1n) is 9.77. The van der Waals surface area contributed by atoms with E-state index in [0.29, 0.717) is 0 Å². The Morgan fingerprint density at radius 2 is 1.89 bits per heavy atom. The first-order chi connectivity index (χ1) is 16.6. The van der Waals surface area contributed by atoms with Gasteiger partial charge in [-0.15, -0.1) is 0 Å². The molecule has 0 aliphatic heterocycles. The molecule has 35 heavy (non-hydrogen) atoms. The summed E-state index contributed by atoms with van der Waals surface area (Å²) in [6.45, 7) is -0.792. The van der Waals surface area contributed by atoms with Crippen molar-refractivity contribution in [3.05, 3.63) is 82.0 Å². The summed E-state index contributed by atoms with van der Waals surface area (Å²) < 4.78 is 48.7. The zero-order valence-corrected chi connectivity index (χ0v) is 18.0. The van der Waals surface area contributed by atoms with E-state index in [2.05, 4.69) is 15.6 Å². The predicted molar refractivity (Wildman–Crippen MR) is 118 cm³/mol. The molecule has 13 heteroatoms. The number of rotatable bonds is 8. The van der Waals surface area contributed by atoms with Crippen LogP contribution in [0.2, 0.25) is 0 Å². The molecular weight excluding hydrogens is 473 g/mol. The van der Waals surface area contributed by atoms with E-state index < -0.39 is 40.8 Å². The molecule has 182 valence electrons. The van der Waals surface area contributed by atoms with Gasteiger partial charge in [-0.25, -0.2) is 9.78 Å². The van der Waals surface area contributed by atoms with Gasteiger partial charge in [-0.1, -0.05) is 6.07 Å². The third-order valence-corrected chi connectivity index (χ3v) is 4.49. The van der Waals surface area contributed by atoms with Crippen LogP contribution in [-0.2, 0) is 15.7 Å². The third-order valence-electron chi connectivity index (χ3n) is 4.49. The summed E-state index contributed by atoms with van der Waals surface area (Å²) in [5, 5.41) is 16.1. The van der Waals surface area contributed by atoms with Crippen molar-refractivity contribution in [2.24, 2.45) is 0 Å². The van der Waals surface area contributed by atoms with Crippen molar-refractivity contribution in [2.75, 3.05) is 24.4 Å². The van der Waals surface area contributed by atoms with Gasteiger partial charge in [-0.2, -0.15) is 13.2 Å². The van der Waals surface area contributed by atoms with E-state index >= 15 is 0 Å². The maximum Gasteiger partial charge on any atom is 0.416 e. The van der Waals surface area contributed by atoms with Crippen LogP contribution in [0.4, 0.5) is 36.1 Å². The molecule has 2 aromatic carbocycles. The minimum atomic E-state index is -4.56. The number of nitrogens with zero attached hydrogens (tertiary/aromatic N) is 2. The number of halogens is 3. The van der Waals surface area contributed by atoms with Crippen molar-refractivity contribution < 1.29 is 37.2 Å². The van der Waals surface area contributed by atoms with Gasteiger partial charge < -0.3 is 20.1 Å². The Morgan fingerprint density at radius 1 is 1.11 bits per heavy atom. The molecule has 0 radical (unpaired) electrons. The molecule has 3 rings (SSSR count). The Kier molecular flexibility index (Phi) is 7.49. The smallest absolute Gasteiger partial charge is 0.416 e. The number of benzene rings is 2. The molecular formula is C22H17F3N4O6. The van der Waals surface area contributed by atoms with Crippen LogP contribution in [0.25, 0.3) is 0 Å². The summed E-state index contributed by atoms with van der Waals surface area (Å²) in [7, 11) is 1.32. The number of carbonyl (C=O) groups excluding carboxylic acids is 2. The highest BCUT2D eigenvalue weighted by molar-refractivity contribution is 5.99. The van der Waals surface area contributed by atoms with Crippen LogP contribution >= 0.6 is 0 Å². The number of hydrogen-bond donors (Lipinski definition) is 2. The lowest BCUT2D eigenvalue weighted by atomic mass is 10.2. The van der Waals surface area contributed by atoms with Gasteiger partial charge in [0, 0.05) is 11.9 Å². The molecule has 0 spiro atoms. The van der Waals surface area contributed by atoms with Crippen LogP contribution in [0.3, 0.4) is 0 Å². The van der Waals surface area contributed by atoms with Crippen LogP contribution in [0.1, 0.15) is 15.9 Å². The Hall–Kier alpha value is -4.68. The van der Waals surface area contributed by atoms with E-state index in [9.17, 15) is 32.9 Å². The largest absolute Gasteiger partial charge is 0.496 e. The predicted octanol–water partition coefficient (Wildman–Crippen LogP) is 4.56. The lowest BCUT2D eigenvalue weighted by Crippen LogP contribution is -2.22. The lowest BCUT2D eigenvalue weighted by molar-refractivity contribution is -0.384. The van der Waals surface area contributed by atoms with Gasteiger partial charge in [-0.3, -0.25) is 14.9 Å². The summed E-state index contributed by atoms with van der Waals surface area (Å²) in [4.78, 5) is 39.2. The van der Waals surface area contributed by atoms with Crippen molar-refractivity contribution in [2.45, 2.75) is 6.18 Å². The van der Waals surface area contributed by atoms with Crippen LogP contribution in [-0.4, -0.2) is 35.5 Å². The fraction of sp³-hybridized carbons (Fsp3) is 0.136. The summed E-state index contributed by atoms with van der Waals surface area (Å²) in [5.74, 6) is -1.74. The molecule has 1 heterocycles. The molecule has 1 aromatic heterocycles. The number of esters is 1. The van der Waals surface area contributed by atoms with Gasteiger partial charge in [0.05, 0.1) is 23.7 Å². The molecule has 0 unspecified atom stereocenters. The minimum Gasteiger partial charge on any atom is -0.496 e. The first kappa shape index (κ1) is 25.0. The fourth-order valence-corrected chi connectivity index (χ4v) is 2.87. The number of hydrogen-bond acceptors (Lipinski definition) is 8. The molecule has 0 fully saturated rings. The number of nitrogens with one attached hydrogen (secondary N) is 2. The van der Waals surface area contributed by atoms with E-state index in [1.54, 1.807) is 0 Å². The average molecular weight is 490 g/mol. The Morgan fingerprint density at radius 3 is 2.57 bits per heavy atom. The number of alkyl halides is 3. The molecule has 0 aliphatic rings. The van der Waals surface area contributed by atoms with Crippen molar-refractivity contribution in [1.29, 1.82) is 0 Å². The van der Waals surface area contributed by atoms with E-state index in [4.69, 9.17) is 9.47 Å². The number of aromatic nitrogens is 1. The van der Waals surface area contributed by atoms with Crippen molar-refractivity contribution >= 4 is 34.8 Å². The third kappa shape index (κ3) is 6.43. The van der Waals surface area contributed by atoms with Crippen molar-refractivity contribution in [1.82, 2.24) is 4.98 Å². The SMILES string of the molecule is COc1ccc(NC(=O)COC(=O)c2cccnc2Nc2cccc(C(F)(F)F)c2)c([N+](=O)[O-])c1. The van der Waals surface area contributed by atoms with Crippen LogP contribution in [0.5, 0.6) is 5.75 Å². The van der Waals surface area contributed by atoms with E-state index in [1.165, 1.54) is 49.7 Å². The number of carbonyl (C=O) groups is 2. The van der Waals surface area contributed by atoms with Gasteiger partial charge in [-0.05, 0) is 42.5 Å². The molecule has 0 aliphatic carbocycles. The van der Waals surface area contributed by atoms with E-state index in [1.807, 2.05) is 0 Å². The van der Waals surface area contributed by atoms with Gasteiger partial charge in [0.15, 0.2) is 6.61 Å². The molecule has 2 N–H and O–H groups in total. The zero-order valence-electron chi connectivity index (χ0n) is 18.0. The maximum absolute atomic E-state index is 13.0. The average Bonchev–Trinajstić information content (AvgIpc) is 2.82. The number of pyridine rings is 1. The monoisotopic (exact) mass is 490 g/mol. The molecule has 0 saturated heterocycles. The highest BCUT2D eigenvalue weighted by Gasteiger charge is 2.30. The van der Waals surface area contributed by atoms with Crippen LogP contribution < -0.4 is 15.4 Å². The molecule has 10 nitrogen and oxygen atoms in total. The van der Waals surface area contributed by atoms with Crippen molar-refractivity contribution in [3.63, 3.8) is 0 Å². The van der Waals surface area contributed by atoms with Gasteiger partial charge in [0.2, 0.25) is 0 Å². The van der Waals surface area contributed by atoms with Gasteiger partial charge in [0.1, 0.15) is 22.8 Å². The lowest BCUT2D eigenvalue weighted by Gasteiger charge is -2.13. The molecule has 0 saturated carbocycles. The van der Waals surface area contributed by atoms with Crippen LogP contribution in [0.15, 0.2) is 60.8 Å². The number of nitro benzene ring substituents is 1. The Balaban J connectivity index is 1.69. The number of ether oxygens (including phenoxy) is 2. The Labute approximate surface area is 195 Å². The second-order valence-electron chi connectivity index (χ2n) is 6.87. The highest BCUT2D eigenvalue weighted by atomic mass is 19.4. The number of methoxy groups -OCH3 is 1. The standard InChI is InChI=1S/C22H17F3N4O6/c1-34-15-7-8-17(18(11-15)29(32)33)28-19(30)12-35-21(31)16-6-3-9-26-20(16)27-14-5-2-4-13(10-14)22(23,24)25/h2-11H,12H2,1H3,(H,26,27)(H,28,30). The van der Waals surface area contributed by atoms with Gasteiger partial charge in [0.25, 0.3) is 11.6 Å². The second-order valence-corrected chi connectivity index (χ2v) is 6.87. The highest BCUT2D eigenvalue weighted by Crippen LogP contribution is 2.32. The van der Waals surface area contributed by atoms with Crippen LogP contribution in [0, 0.1) is 10.1 Å². The molecule has 0 atom stereocenters. The molecule has 1 amide bonds. The summed E-state index contributed by atoms with van der Waals surface area (Å²) in [6.07, 6.45) is -3.25. The summed E-state index contributed by atoms with van der Waals surface area (Å²) in [5.41, 5.74) is -1.58. The zero-order chi connectivity index (χ0) is 25.6. The summed E-state index contributed by atoms with van der Waals surface area (Å²) in [6, 6.07) is 10.8.